The number of H-pyrrole nitrogens is 1. The van der Waals surface area contributed by atoms with Gasteiger partial charge in [0.15, 0.2) is 0 Å². The molecule has 4 heterocycles. The normalized spacial score (nSPS) is 14.8. The van der Waals surface area contributed by atoms with Crippen LogP contribution in [-0.2, 0) is 15.1 Å². The summed E-state index contributed by atoms with van der Waals surface area (Å²) in [5, 5.41) is 18.7. The molecule has 14 heteroatoms. The van der Waals surface area contributed by atoms with Crippen LogP contribution in [0.15, 0.2) is 41.6 Å². The summed E-state index contributed by atoms with van der Waals surface area (Å²) in [7, 11) is 0.472. The Morgan fingerprint density at radius 3 is 2.79 bits per heavy atom. The highest BCUT2D eigenvalue weighted by Gasteiger charge is 2.31. The quantitative estimate of drug-likeness (QED) is 0.167. The summed E-state index contributed by atoms with van der Waals surface area (Å²) in [5.41, 5.74) is 9.37. The number of aromatic amines is 1. The van der Waals surface area contributed by atoms with Crippen LogP contribution >= 0.6 is 12.2 Å². The number of tetrazole rings is 1. The monoisotopic (exact) mass is 484 g/mol. The van der Waals surface area contributed by atoms with Crippen molar-refractivity contribution in [3.05, 3.63) is 36.7 Å². The highest BCUT2D eigenvalue weighted by atomic mass is 32.2. The van der Waals surface area contributed by atoms with E-state index in [9.17, 15) is 4.21 Å². The molecule has 5 rings (SSSR count). The Bertz CT molecular complexity index is 1330. The second-order valence-corrected chi connectivity index (χ2v) is 9.86. The lowest BCUT2D eigenvalue weighted by molar-refractivity contribution is 0.397. The van der Waals surface area contributed by atoms with Crippen molar-refractivity contribution in [2.24, 2.45) is 5.90 Å². The Balaban J connectivity index is 1.82. The number of hydrogen-bond donors (Lipinski definition) is 4. The lowest BCUT2D eigenvalue weighted by Crippen LogP contribution is -2.49. The minimum Gasteiger partial charge on any atom is -0.382 e. The molecule has 4 aromatic rings. The zero-order valence-corrected chi connectivity index (χ0v) is 19.1. The molecule has 1 saturated heterocycles. The first kappa shape index (κ1) is 21.7. The standard InChI is InChI=1S/C19H20N10O2S2/c1-29(32-31-21)17-14(33(30)10-7-22-8-10)5-4-11(15(17)19-25-27-28-26-19)13-9-24-18(20)16-12(13)3-2-6-23-16/h2-6,9-10,22H,7-8,21H2,1H3,(H2,20,24)(H,25,26,27,28). The fourth-order valence-corrected chi connectivity index (χ4v) is 5.75. The van der Waals surface area contributed by atoms with Crippen molar-refractivity contribution >= 4 is 45.4 Å². The highest BCUT2D eigenvalue weighted by Crippen LogP contribution is 2.45. The van der Waals surface area contributed by atoms with E-state index >= 15 is 0 Å². The van der Waals surface area contributed by atoms with Gasteiger partial charge in [0.25, 0.3) is 0 Å². The minimum absolute atomic E-state index is 0.00636. The van der Waals surface area contributed by atoms with Crippen LogP contribution in [0.5, 0.6) is 0 Å². The fraction of sp³-hybridized carbons (Fsp3) is 0.211. The molecule has 1 unspecified atom stereocenters. The molecule has 33 heavy (non-hydrogen) atoms. The third-order valence-corrected chi connectivity index (χ3v) is 7.60. The molecule has 0 spiro atoms. The molecule has 0 radical (unpaired) electrons. The molecule has 1 aromatic carbocycles. The summed E-state index contributed by atoms with van der Waals surface area (Å²) >= 11 is 0.902. The van der Waals surface area contributed by atoms with Gasteiger partial charge in [-0.05, 0) is 22.9 Å². The van der Waals surface area contributed by atoms with Gasteiger partial charge in [0.2, 0.25) is 5.82 Å². The van der Waals surface area contributed by atoms with E-state index in [-0.39, 0.29) is 5.25 Å². The average molecular weight is 485 g/mol. The Morgan fingerprint density at radius 1 is 1.24 bits per heavy atom. The van der Waals surface area contributed by atoms with E-state index in [1.165, 1.54) is 0 Å². The summed E-state index contributed by atoms with van der Waals surface area (Å²) < 4.78 is 20.0. The van der Waals surface area contributed by atoms with Gasteiger partial charge in [-0.3, -0.25) is 13.5 Å². The smallest absolute Gasteiger partial charge is 0.207 e. The van der Waals surface area contributed by atoms with Gasteiger partial charge in [-0.25, -0.2) is 15.2 Å². The first-order valence-corrected chi connectivity index (χ1v) is 11.8. The topological polar surface area (TPSA) is 174 Å². The summed E-state index contributed by atoms with van der Waals surface area (Å²) in [6.07, 6.45) is 3.35. The fourth-order valence-electron chi connectivity index (χ4n) is 3.77. The van der Waals surface area contributed by atoms with Crippen molar-refractivity contribution in [1.29, 1.82) is 0 Å². The summed E-state index contributed by atoms with van der Waals surface area (Å²) in [6.45, 7) is 1.35. The van der Waals surface area contributed by atoms with Gasteiger partial charge < -0.3 is 11.1 Å². The van der Waals surface area contributed by atoms with Crippen LogP contribution < -0.4 is 21.3 Å². The number of aromatic nitrogens is 6. The number of hydrogen-bond acceptors (Lipinski definition) is 12. The van der Waals surface area contributed by atoms with Crippen molar-refractivity contribution < 1.29 is 8.49 Å². The van der Waals surface area contributed by atoms with E-state index in [1.54, 1.807) is 23.7 Å². The first-order chi connectivity index (χ1) is 16.1. The lowest BCUT2D eigenvalue weighted by Gasteiger charge is -2.29. The molecule has 0 amide bonds. The number of nitrogens with zero attached hydrogens (tertiary/aromatic N) is 6. The van der Waals surface area contributed by atoms with Gasteiger partial charge in [0.1, 0.15) is 23.6 Å². The second-order valence-electron chi connectivity index (χ2n) is 7.27. The summed E-state index contributed by atoms with van der Waals surface area (Å²) in [6, 6.07) is 7.48. The molecule has 1 atom stereocenters. The van der Waals surface area contributed by atoms with Crippen LogP contribution in [0.25, 0.3) is 33.4 Å². The molecule has 0 bridgehead atoms. The molecule has 1 aliphatic heterocycles. The predicted molar refractivity (Wildman–Crippen MR) is 127 cm³/mol. The molecule has 0 saturated carbocycles. The number of nitrogens with one attached hydrogen (secondary N) is 2. The van der Waals surface area contributed by atoms with E-state index < -0.39 is 10.8 Å². The van der Waals surface area contributed by atoms with Crippen LogP contribution in [0.4, 0.5) is 11.5 Å². The van der Waals surface area contributed by atoms with E-state index in [0.29, 0.717) is 46.4 Å². The van der Waals surface area contributed by atoms with Crippen LogP contribution in [0.1, 0.15) is 0 Å². The zero-order valence-electron chi connectivity index (χ0n) is 17.4. The predicted octanol–water partition coefficient (Wildman–Crippen LogP) is 1.03. The Hall–Kier alpha value is -3.17. The van der Waals surface area contributed by atoms with Crippen LogP contribution in [0.2, 0.25) is 0 Å². The van der Waals surface area contributed by atoms with Gasteiger partial charge in [0.05, 0.1) is 32.2 Å². The van der Waals surface area contributed by atoms with E-state index in [2.05, 4.69) is 35.9 Å². The largest absolute Gasteiger partial charge is 0.382 e. The molecular weight excluding hydrogens is 464 g/mol. The number of pyridine rings is 2. The maximum Gasteiger partial charge on any atom is 0.207 e. The Labute approximate surface area is 195 Å². The minimum atomic E-state index is -1.29. The molecule has 170 valence electrons. The van der Waals surface area contributed by atoms with E-state index in [4.69, 9.17) is 15.9 Å². The average Bonchev–Trinajstić information content (AvgIpc) is 3.32. The van der Waals surface area contributed by atoms with Crippen molar-refractivity contribution in [3.8, 4) is 22.5 Å². The molecule has 3 aromatic heterocycles. The Kier molecular flexibility index (Phi) is 5.90. The molecule has 1 fully saturated rings. The molecule has 12 nitrogen and oxygen atoms in total. The molecular formula is C19H20N10O2S2. The lowest BCUT2D eigenvalue weighted by atomic mass is 9.95. The van der Waals surface area contributed by atoms with Gasteiger partial charge in [0, 0.05) is 43.5 Å². The first-order valence-electron chi connectivity index (χ1n) is 9.89. The van der Waals surface area contributed by atoms with Crippen LogP contribution in [0, 0.1) is 0 Å². The van der Waals surface area contributed by atoms with Crippen molar-refractivity contribution in [3.63, 3.8) is 0 Å². The highest BCUT2D eigenvalue weighted by molar-refractivity contribution is 7.96. The zero-order chi connectivity index (χ0) is 22.9. The summed E-state index contributed by atoms with van der Waals surface area (Å²) in [5.74, 6) is 6.00. The number of rotatable bonds is 7. The number of benzene rings is 1. The van der Waals surface area contributed by atoms with Gasteiger partial charge >= 0.3 is 0 Å². The SMILES string of the molecule is CN(SON)c1c(S(=O)C2CNC2)ccc(-c2cnc(N)c3ncccc23)c1-c1nn[nH]n1. The maximum absolute atomic E-state index is 13.4. The van der Waals surface area contributed by atoms with Crippen molar-refractivity contribution in [2.75, 3.05) is 30.2 Å². The van der Waals surface area contributed by atoms with Gasteiger partial charge in [-0.2, -0.15) is 5.21 Å². The maximum atomic E-state index is 13.4. The third-order valence-electron chi connectivity index (χ3n) is 5.41. The van der Waals surface area contributed by atoms with Crippen LogP contribution in [0.3, 0.4) is 0 Å². The third kappa shape index (κ3) is 3.81. The van der Waals surface area contributed by atoms with E-state index in [0.717, 1.165) is 28.7 Å². The molecule has 6 N–H and O–H groups in total. The van der Waals surface area contributed by atoms with Crippen LogP contribution in [-0.4, -0.2) is 60.2 Å². The molecule has 0 aliphatic carbocycles. The van der Waals surface area contributed by atoms with Gasteiger partial charge in [-0.15, -0.1) is 10.2 Å². The number of nitrogen functional groups attached to an aromatic ring is 1. The number of nitrogens with two attached hydrogens (primary N) is 2. The second kappa shape index (κ2) is 8.99. The summed E-state index contributed by atoms with van der Waals surface area (Å²) in [4.78, 5) is 9.35. The Morgan fingerprint density at radius 2 is 2.09 bits per heavy atom. The number of fused-ring (bicyclic) bond motifs is 1. The van der Waals surface area contributed by atoms with E-state index in [1.807, 2.05) is 24.3 Å². The van der Waals surface area contributed by atoms with Gasteiger partial charge in [-0.1, -0.05) is 12.1 Å². The number of anilines is 2. The molecule has 1 aliphatic rings. The van der Waals surface area contributed by atoms with Crippen molar-refractivity contribution in [2.45, 2.75) is 10.1 Å². The van der Waals surface area contributed by atoms with Crippen molar-refractivity contribution in [1.82, 2.24) is 35.9 Å².